The van der Waals surface area contributed by atoms with E-state index in [1.54, 1.807) is 24.3 Å². The van der Waals surface area contributed by atoms with Crippen LogP contribution in [-0.2, 0) is 14.3 Å². The number of hydrogen-bond acceptors (Lipinski definition) is 5. The van der Waals surface area contributed by atoms with E-state index in [-0.39, 0.29) is 18.9 Å². The van der Waals surface area contributed by atoms with Gasteiger partial charge in [0.25, 0.3) is 5.91 Å². The van der Waals surface area contributed by atoms with E-state index in [0.29, 0.717) is 11.4 Å². The quantitative estimate of drug-likeness (QED) is 0.584. The number of esters is 1. The number of nitrogen functional groups attached to an aromatic ring is 1. The van der Waals surface area contributed by atoms with Gasteiger partial charge >= 0.3 is 5.97 Å². The fourth-order valence-electron chi connectivity index (χ4n) is 1.37. The minimum atomic E-state index is -0.801. The Kier molecular flexibility index (Phi) is 5.66. The molecule has 0 aliphatic carbocycles. The number of hydrogen-bond donors (Lipinski definition) is 2. The number of carbonyl (C=O) groups excluding carboxylic acids is 2. The molecule has 0 fully saturated rings. The molecule has 104 valence electrons. The molecular formula is C13H18N2O4. The van der Waals surface area contributed by atoms with E-state index in [2.05, 4.69) is 5.32 Å². The third-order valence-electron chi connectivity index (χ3n) is 2.36. The van der Waals surface area contributed by atoms with Crippen molar-refractivity contribution in [1.29, 1.82) is 0 Å². The van der Waals surface area contributed by atoms with Crippen LogP contribution >= 0.6 is 0 Å². The molecule has 19 heavy (non-hydrogen) atoms. The third kappa shape index (κ3) is 5.29. The highest BCUT2D eigenvalue weighted by atomic mass is 16.5. The van der Waals surface area contributed by atoms with Crippen LogP contribution < -0.4 is 15.8 Å². The van der Waals surface area contributed by atoms with Gasteiger partial charge in [-0.15, -0.1) is 0 Å². The Labute approximate surface area is 111 Å². The van der Waals surface area contributed by atoms with Crippen molar-refractivity contribution in [2.75, 3.05) is 19.4 Å². The number of carbonyl (C=O) groups is 2. The van der Waals surface area contributed by atoms with Crippen molar-refractivity contribution in [3.8, 4) is 5.75 Å². The first-order chi connectivity index (χ1) is 9.02. The van der Waals surface area contributed by atoms with Crippen molar-refractivity contribution in [1.82, 2.24) is 5.32 Å². The van der Waals surface area contributed by atoms with E-state index in [4.69, 9.17) is 15.2 Å². The van der Waals surface area contributed by atoms with Gasteiger partial charge < -0.3 is 20.5 Å². The van der Waals surface area contributed by atoms with Crippen molar-refractivity contribution in [3.63, 3.8) is 0 Å². The van der Waals surface area contributed by atoms with Gasteiger partial charge in [-0.3, -0.25) is 9.59 Å². The van der Waals surface area contributed by atoms with Gasteiger partial charge in [0, 0.05) is 18.8 Å². The largest absolute Gasteiger partial charge is 0.493 e. The lowest BCUT2D eigenvalue weighted by Gasteiger charge is -2.12. The zero-order chi connectivity index (χ0) is 14.3. The number of anilines is 1. The summed E-state index contributed by atoms with van der Waals surface area (Å²) in [7, 11) is 1.48. The highest BCUT2D eigenvalue weighted by Crippen LogP contribution is 2.14. The van der Waals surface area contributed by atoms with Crippen LogP contribution in [0, 0.1) is 0 Å². The normalized spacial score (nSPS) is 11.5. The summed E-state index contributed by atoms with van der Waals surface area (Å²) >= 11 is 0. The number of amides is 1. The third-order valence-corrected chi connectivity index (χ3v) is 2.36. The fraction of sp³-hybridized carbons (Fsp3) is 0.385. The standard InChI is InChI=1S/C13H18N2O4/c1-9(13(17)15-2)19-12(16)6-7-18-11-5-3-4-10(14)8-11/h3-5,8-9H,6-7,14H2,1-2H3,(H,15,17). The molecule has 0 spiro atoms. The van der Waals surface area contributed by atoms with Crippen LogP contribution in [0.25, 0.3) is 0 Å². The van der Waals surface area contributed by atoms with E-state index >= 15 is 0 Å². The van der Waals surface area contributed by atoms with Crippen molar-refractivity contribution >= 4 is 17.6 Å². The summed E-state index contributed by atoms with van der Waals surface area (Å²) in [5.41, 5.74) is 6.18. The molecule has 1 atom stereocenters. The molecule has 0 aromatic heterocycles. The van der Waals surface area contributed by atoms with Gasteiger partial charge in [0.1, 0.15) is 5.75 Å². The number of nitrogens with two attached hydrogens (primary N) is 1. The van der Waals surface area contributed by atoms with Crippen molar-refractivity contribution in [2.24, 2.45) is 0 Å². The maximum atomic E-state index is 11.4. The summed E-state index contributed by atoms with van der Waals surface area (Å²) in [6.45, 7) is 1.68. The monoisotopic (exact) mass is 266 g/mol. The van der Waals surface area contributed by atoms with Crippen LogP contribution in [0.3, 0.4) is 0 Å². The molecule has 0 aliphatic rings. The first-order valence-electron chi connectivity index (χ1n) is 5.92. The Hall–Kier alpha value is -2.24. The number of nitrogens with one attached hydrogen (secondary N) is 1. The summed E-state index contributed by atoms with van der Waals surface area (Å²) < 4.78 is 10.3. The van der Waals surface area contributed by atoms with Crippen molar-refractivity contribution in [2.45, 2.75) is 19.4 Å². The molecule has 1 amide bonds. The molecule has 6 nitrogen and oxygen atoms in total. The molecule has 1 aromatic rings. The Morgan fingerprint density at radius 2 is 2.16 bits per heavy atom. The zero-order valence-electron chi connectivity index (χ0n) is 11.0. The SMILES string of the molecule is CNC(=O)C(C)OC(=O)CCOc1cccc(N)c1. The maximum Gasteiger partial charge on any atom is 0.310 e. The summed E-state index contributed by atoms with van der Waals surface area (Å²) in [6, 6.07) is 6.91. The van der Waals surface area contributed by atoms with Crippen LogP contribution in [0.1, 0.15) is 13.3 Å². The summed E-state index contributed by atoms with van der Waals surface area (Å²) in [4.78, 5) is 22.6. The van der Waals surface area contributed by atoms with E-state index in [1.807, 2.05) is 0 Å². The predicted molar refractivity (Wildman–Crippen MR) is 70.6 cm³/mol. The number of ether oxygens (including phenoxy) is 2. The van der Waals surface area contributed by atoms with Gasteiger partial charge in [-0.1, -0.05) is 6.07 Å². The van der Waals surface area contributed by atoms with Gasteiger partial charge in [-0.05, 0) is 19.1 Å². The van der Waals surface area contributed by atoms with Crippen LogP contribution in [0.15, 0.2) is 24.3 Å². The van der Waals surface area contributed by atoms with E-state index < -0.39 is 12.1 Å². The van der Waals surface area contributed by atoms with Gasteiger partial charge in [-0.25, -0.2) is 0 Å². The highest BCUT2D eigenvalue weighted by Gasteiger charge is 2.15. The zero-order valence-corrected chi connectivity index (χ0v) is 11.0. The number of likely N-dealkylation sites (N-methyl/N-ethyl adjacent to an activating group) is 1. The van der Waals surface area contributed by atoms with Crippen LogP contribution in [0.5, 0.6) is 5.75 Å². The molecule has 0 saturated heterocycles. The fourth-order valence-corrected chi connectivity index (χ4v) is 1.37. The average Bonchev–Trinajstić information content (AvgIpc) is 2.37. The second-order valence-corrected chi connectivity index (χ2v) is 3.92. The molecular weight excluding hydrogens is 248 g/mol. The minimum absolute atomic E-state index is 0.0656. The Morgan fingerprint density at radius 1 is 1.42 bits per heavy atom. The second kappa shape index (κ2) is 7.25. The van der Waals surface area contributed by atoms with Gasteiger partial charge in [-0.2, -0.15) is 0 Å². The predicted octanol–water partition coefficient (Wildman–Crippen LogP) is 0.715. The molecule has 0 radical (unpaired) electrons. The van der Waals surface area contributed by atoms with Crippen LogP contribution in [0.2, 0.25) is 0 Å². The topological polar surface area (TPSA) is 90.6 Å². The molecule has 0 aliphatic heterocycles. The second-order valence-electron chi connectivity index (χ2n) is 3.92. The lowest BCUT2D eigenvalue weighted by molar-refractivity contribution is -0.155. The van der Waals surface area contributed by atoms with Gasteiger partial charge in [0.2, 0.25) is 0 Å². The molecule has 1 aromatic carbocycles. The maximum absolute atomic E-state index is 11.4. The minimum Gasteiger partial charge on any atom is -0.493 e. The van der Waals surface area contributed by atoms with Gasteiger partial charge in [0.15, 0.2) is 6.10 Å². The summed E-state index contributed by atoms with van der Waals surface area (Å²) in [5.74, 6) is -0.239. The summed E-state index contributed by atoms with van der Waals surface area (Å²) in [5, 5.41) is 2.40. The molecule has 6 heteroatoms. The molecule has 0 saturated carbocycles. The molecule has 3 N–H and O–H groups in total. The smallest absolute Gasteiger partial charge is 0.310 e. The van der Waals surface area contributed by atoms with E-state index in [9.17, 15) is 9.59 Å². The molecule has 1 rings (SSSR count). The van der Waals surface area contributed by atoms with E-state index in [0.717, 1.165) is 0 Å². The Morgan fingerprint density at radius 3 is 2.79 bits per heavy atom. The Bertz CT molecular complexity index is 448. The van der Waals surface area contributed by atoms with Crippen LogP contribution in [0.4, 0.5) is 5.69 Å². The molecule has 1 unspecified atom stereocenters. The Balaban J connectivity index is 2.29. The first-order valence-corrected chi connectivity index (χ1v) is 5.92. The van der Waals surface area contributed by atoms with Crippen molar-refractivity contribution < 1.29 is 19.1 Å². The molecule has 0 heterocycles. The van der Waals surface area contributed by atoms with E-state index in [1.165, 1.54) is 14.0 Å². The first kappa shape index (κ1) is 14.8. The van der Waals surface area contributed by atoms with Crippen LogP contribution in [-0.4, -0.2) is 31.6 Å². The van der Waals surface area contributed by atoms with Crippen molar-refractivity contribution in [3.05, 3.63) is 24.3 Å². The number of rotatable bonds is 6. The summed E-state index contributed by atoms with van der Waals surface area (Å²) in [6.07, 6.45) is -0.735. The number of benzene rings is 1. The highest BCUT2D eigenvalue weighted by molar-refractivity contribution is 5.83. The molecule has 0 bridgehead atoms. The average molecular weight is 266 g/mol. The lowest BCUT2D eigenvalue weighted by atomic mass is 10.3. The lowest BCUT2D eigenvalue weighted by Crippen LogP contribution is -2.33. The van der Waals surface area contributed by atoms with Gasteiger partial charge in [0.05, 0.1) is 13.0 Å².